The number of nitrogens with zero attached hydrogens (tertiary/aromatic N) is 1. The van der Waals surface area contributed by atoms with Crippen LogP contribution in [0.3, 0.4) is 0 Å². The molecule has 1 radical (unpaired) electrons. The Kier molecular flexibility index (Phi) is 5.80. The van der Waals surface area contributed by atoms with Crippen LogP contribution in [-0.4, -0.2) is 7.28 Å². The van der Waals surface area contributed by atoms with E-state index in [1.807, 2.05) is 11.3 Å². The lowest BCUT2D eigenvalue weighted by Crippen LogP contribution is -2.39. The summed E-state index contributed by atoms with van der Waals surface area (Å²) in [6, 6.07) is 58.3. The first-order valence-corrected chi connectivity index (χ1v) is 18.1. The van der Waals surface area contributed by atoms with Crippen LogP contribution in [0.1, 0.15) is 27.8 Å². The SMILES string of the molecule is Cc1cc(-c2cccc3c2Nc2ccccc2C32c3ccccc3-c3ccccc32)c2c(c1)N(c1ccccc1)c1c(sc3ccccc13)[B]2. The van der Waals surface area contributed by atoms with Crippen molar-refractivity contribution in [1.82, 2.24) is 0 Å². The number of thiophene rings is 1. The molecule has 1 aromatic heterocycles. The number of benzene rings is 7. The first kappa shape index (κ1) is 28.0. The maximum absolute atomic E-state index is 4.01. The van der Waals surface area contributed by atoms with Gasteiger partial charge >= 0.3 is 0 Å². The van der Waals surface area contributed by atoms with E-state index >= 15 is 0 Å². The highest BCUT2D eigenvalue weighted by molar-refractivity contribution is 7.29. The highest BCUT2D eigenvalue weighted by Gasteiger charge is 2.50. The van der Waals surface area contributed by atoms with E-state index in [1.54, 1.807) is 0 Å². The molecule has 3 aliphatic rings. The van der Waals surface area contributed by atoms with Crippen LogP contribution in [0, 0.1) is 6.92 Å². The maximum Gasteiger partial charge on any atom is 0.211 e. The summed E-state index contributed by atoms with van der Waals surface area (Å²) in [4.78, 5) is 2.49. The van der Waals surface area contributed by atoms with Crippen molar-refractivity contribution in [2.24, 2.45) is 0 Å². The Labute approximate surface area is 296 Å². The topological polar surface area (TPSA) is 15.3 Å². The van der Waals surface area contributed by atoms with E-state index in [-0.39, 0.29) is 0 Å². The van der Waals surface area contributed by atoms with E-state index in [2.05, 4.69) is 182 Å². The number of aryl methyl sites for hydroxylation is 1. The maximum atomic E-state index is 4.01. The number of hydrogen-bond donors (Lipinski definition) is 1. The molecule has 7 aromatic carbocycles. The number of fused-ring (bicyclic) bond motifs is 13. The summed E-state index contributed by atoms with van der Waals surface area (Å²) in [5, 5.41) is 5.29. The summed E-state index contributed by atoms with van der Waals surface area (Å²) in [7, 11) is 2.44. The highest BCUT2D eigenvalue weighted by atomic mass is 32.1. The molecule has 4 heteroatoms. The Bertz CT molecular complexity index is 2650. The normalized spacial score (nSPS) is 14.1. The Hall–Kier alpha value is -5.84. The Balaban J connectivity index is 1.21. The van der Waals surface area contributed by atoms with Gasteiger partial charge < -0.3 is 10.2 Å². The standard InChI is InChI=1S/C46H30BN2S/c1-28-26-34(42-40(27-28)49(29-14-3-2-4-15-29)44-33-18-7-12-25-41(33)50-45(44)47-42)32-19-13-23-38-43(32)48-39-24-11-10-22-37(39)46(38)35-20-8-5-16-30(35)31-17-6-9-21-36(31)46/h2-27,48H,1H3. The third-order valence-corrected chi connectivity index (χ3v) is 12.1. The molecule has 233 valence electrons. The molecule has 1 aliphatic carbocycles. The van der Waals surface area contributed by atoms with Crippen LogP contribution >= 0.6 is 11.3 Å². The summed E-state index contributed by atoms with van der Waals surface area (Å²) < 4.78 is 2.59. The van der Waals surface area contributed by atoms with Gasteiger partial charge in [0.2, 0.25) is 7.28 Å². The van der Waals surface area contributed by atoms with Crippen molar-refractivity contribution < 1.29 is 0 Å². The molecular formula is C46H30BN2S. The molecule has 11 rings (SSSR count). The Morgan fingerprint density at radius 1 is 0.580 bits per heavy atom. The lowest BCUT2D eigenvalue weighted by atomic mass is 9.61. The predicted octanol–water partition coefficient (Wildman–Crippen LogP) is 10.7. The zero-order valence-electron chi connectivity index (χ0n) is 27.4. The van der Waals surface area contributed by atoms with Gasteiger partial charge in [-0.15, -0.1) is 11.3 Å². The van der Waals surface area contributed by atoms with Crippen LogP contribution in [0.25, 0.3) is 32.3 Å². The fourth-order valence-electron chi connectivity index (χ4n) is 9.05. The second-order valence-electron chi connectivity index (χ2n) is 13.6. The summed E-state index contributed by atoms with van der Waals surface area (Å²) >= 11 is 1.88. The molecule has 0 bridgehead atoms. The third kappa shape index (κ3) is 3.64. The average Bonchev–Trinajstić information content (AvgIpc) is 3.68. The number of hydrogen-bond acceptors (Lipinski definition) is 3. The van der Waals surface area contributed by atoms with E-state index in [4.69, 9.17) is 0 Å². The summed E-state index contributed by atoms with van der Waals surface area (Å²) in [6.07, 6.45) is 0. The van der Waals surface area contributed by atoms with Gasteiger partial charge in [-0.25, -0.2) is 0 Å². The van der Waals surface area contributed by atoms with E-state index in [1.165, 1.54) is 93.1 Å². The summed E-state index contributed by atoms with van der Waals surface area (Å²) in [6.45, 7) is 2.23. The van der Waals surface area contributed by atoms with E-state index < -0.39 is 5.41 Å². The molecule has 50 heavy (non-hydrogen) atoms. The Morgan fingerprint density at radius 3 is 2.02 bits per heavy atom. The first-order chi connectivity index (χ1) is 24.7. The number of nitrogens with one attached hydrogen (secondary N) is 1. The van der Waals surface area contributed by atoms with Crippen LogP contribution in [0.4, 0.5) is 28.4 Å². The second kappa shape index (κ2) is 10.3. The fourth-order valence-corrected chi connectivity index (χ4v) is 10.2. The van der Waals surface area contributed by atoms with Gasteiger partial charge in [0.1, 0.15) is 0 Å². The zero-order valence-corrected chi connectivity index (χ0v) is 28.3. The van der Waals surface area contributed by atoms with Crippen LogP contribution in [0.5, 0.6) is 0 Å². The minimum Gasteiger partial charge on any atom is -0.354 e. The minimum atomic E-state index is -0.442. The third-order valence-electron chi connectivity index (χ3n) is 11.0. The van der Waals surface area contributed by atoms with Crippen LogP contribution in [-0.2, 0) is 5.41 Å². The van der Waals surface area contributed by atoms with Gasteiger partial charge in [0, 0.05) is 32.7 Å². The van der Waals surface area contributed by atoms with E-state index in [0.29, 0.717) is 0 Å². The summed E-state index contributed by atoms with van der Waals surface area (Å²) in [5.41, 5.74) is 18.4. The molecule has 2 aliphatic heterocycles. The molecule has 3 heterocycles. The van der Waals surface area contributed by atoms with Gasteiger partial charge in [0.25, 0.3) is 0 Å². The van der Waals surface area contributed by atoms with Crippen molar-refractivity contribution in [3.63, 3.8) is 0 Å². The van der Waals surface area contributed by atoms with Gasteiger partial charge in [-0.3, -0.25) is 0 Å². The quantitative estimate of drug-likeness (QED) is 0.187. The van der Waals surface area contributed by atoms with Crippen molar-refractivity contribution in [2.45, 2.75) is 12.3 Å². The predicted molar refractivity (Wildman–Crippen MR) is 212 cm³/mol. The second-order valence-corrected chi connectivity index (χ2v) is 14.7. The molecule has 0 amide bonds. The number of anilines is 5. The van der Waals surface area contributed by atoms with E-state index in [0.717, 1.165) is 5.69 Å². The van der Waals surface area contributed by atoms with Gasteiger partial charge in [-0.2, -0.15) is 0 Å². The Morgan fingerprint density at radius 2 is 1.22 bits per heavy atom. The van der Waals surface area contributed by atoms with Crippen molar-refractivity contribution >= 4 is 67.4 Å². The largest absolute Gasteiger partial charge is 0.354 e. The molecule has 0 atom stereocenters. The number of para-hydroxylation sites is 3. The molecule has 1 N–H and O–H groups in total. The van der Waals surface area contributed by atoms with Gasteiger partial charge in [0.05, 0.1) is 16.8 Å². The highest BCUT2D eigenvalue weighted by Crippen LogP contribution is 2.62. The smallest absolute Gasteiger partial charge is 0.211 e. The monoisotopic (exact) mass is 653 g/mol. The first-order valence-electron chi connectivity index (χ1n) is 17.3. The lowest BCUT2D eigenvalue weighted by Gasteiger charge is -2.41. The van der Waals surface area contributed by atoms with Crippen LogP contribution in [0.15, 0.2) is 158 Å². The average molecular weight is 654 g/mol. The van der Waals surface area contributed by atoms with Crippen molar-refractivity contribution in [3.8, 4) is 22.3 Å². The molecular weight excluding hydrogens is 623 g/mol. The van der Waals surface area contributed by atoms with Crippen LogP contribution < -0.4 is 20.5 Å². The molecule has 2 nitrogen and oxygen atoms in total. The molecule has 1 spiro atoms. The fraction of sp³-hybridized carbons (Fsp3) is 0.0435. The number of rotatable bonds is 2. The van der Waals surface area contributed by atoms with Crippen molar-refractivity contribution in [1.29, 1.82) is 0 Å². The van der Waals surface area contributed by atoms with Crippen molar-refractivity contribution in [2.75, 3.05) is 10.2 Å². The van der Waals surface area contributed by atoms with Crippen LogP contribution in [0.2, 0.25) is 0 Å². The molecule has 0 unspecified atom stereocenters. The molecule has 8 aromatic rings. The van der Waals surface area contributed by atoms with Crippen molar-refractivity contribution in [3.05, 3.63) is 186 Å². The van der Waals surface area contributed by atoms with Gasteiger partial charge in [-0.1, -0.05) is 127 Å². The summed E-state index contributed by atoms with van der Waals surface area (Å²) in [5.74, 6) is 0. The van der Waals surface area contributed by atoms with Gasteiger partial charge in [-0.05, 0) is 92.0 Å². The van der Waals surface area contributed by atoms with Gasteiger partial charge in [0.15, 0.2) is 0 Å². The molecule has 0 saturated carbocycles. The molecule has 0 fully saturated rings. The van der Waals surface area contributed by atoms with E-state index in [9.17, 15) is 0 Å². The molecule has 0 saturated heterocycles. The zero-order chi connectivity index (χ0) is 33.0. The minimum absolute atomic E-state index is 0.442. The lowest BCUT2D eigenvalue weighted by molar-refractivity contribution is 0.763.